The number of rotatable bonds is 7. The molecule has 0 aromatic heterocycles. The second kappa shape index (κ2) is 7.51. The van der Waals surface area contributed by atoms with Crippen LogP contribution in [0.1, 0.15) is 38.2 Å². The molecule has 1 aliphatic heterocycles. The lowest BCUT2D eigenvalue weighted by atomic mass is 10.0. The molecule has 0 amide bonds. The lowest BCUT2D eigenvalue weighted by Crippen LogP contribution is -2.29. The molecule has 19 heavy (non-hydrogen) atoms. The van der Waals surface area contributed by atoms with Crippen LogP contribution in [0.25, 0.3) is 0 Å². The van der Waals surface area contributed by atoms with E-state index >= 15 is 0 Å². The summed E-state index contributed by atoms with van der Waals surface area (Å²) in [6, 6.07) is 8.29. The highest BCUT2D eigenvalue weighted by atomic mass is 16.5. The third-order valence-electron chi connectivity index (χ3n) is 3.47. The minimum Gasteiger partial charge on any atom is -0.492 e. The summed E-state index contributed by atoms with van der Waals surface area (Å²) in [5.41, 5.74) is 1.28. The van der Waals surface area contributed by atoms with Gasteiger partial charge in [-0.05, 0) is 30.4 Å². The van der Waals surface area contributed by atoms with Crippen LogP contribution in [0.5, 0.6) is 5.75 Å². The van der Waals surface area contributed by atoms with Gasteiger partial charge in [0.15, 0.2) is 0 Å². The topological polar surface area (TPSA) is 30.5 Å². The largest absolute Gasteiger partial charge is 0.492 e. The SMILES string of the molecule is CC(C)c1ccccc1OCCNC[C@H]1CCCO1. The highest BCUT2D eigenvalue weighted by molar-refractivity contribution is 5.35. The smallest absolute Gasteiger partial charge is 0.122 e. The first-order valence-corrected chi connectivity index (χ1v) is 7.31. The van der Waals surface area contributed by atoms with Crippen LogP contribution in [-0.4, -0.2) is 32.4 Å². The Morgan fingerprint density at radius 2 is 2.21 bits per heavy atom. The van der Waals surface area contributed by atoms with E-state index in [1.807, 2.05) is 6.07 Å². The third kappa shape index (κ3) is 4.51. The van der Waals surface area contributed by atoms with Gasteiger partial charge in [0.25, 0.3) is 0 Å². The second-order valence-corrected chi connectivity index (χ2v) is 5.38. The van der Waals surface area contributed by atoms with Crippen molar-refractivity contribution in [2.24, 2.45) is 0 Å². The third-order valence-corrected chi connectivity index (χ3v) is 3.47. The van der Waals surface area contributed by atoms with Crippen molar-refractivity contribution in [1.29, 1.82) is 0 Å². The molecule has 0 unspecified atom stereocenters. The monoisotopic (exact) mass is 263 g/mol. The predicted octanol–water partition coefficient (Wildman–Crippen LogP) is 2.96. The molecule has 1 heterocycles. The zero-order chi connectivity index (χ0) is 13.5. The summed E-state index contributed by atoms with van der Waals surface area (Å²) in [6.07, 6.45) is 2.79. The van der Waals surface area contributed by atoms with Crippen molar-refractivity contribution in [3.05, 3.63) is 29.8 Å². The minimum absolute atomic E-state index is 0.406. The van der Waals surface area contributed by atoms with Crippen LogP contribution in [0.3, 0.4) is 0 Å². The van der Waals surface area contributed by atoms with Gasteiger partial charge < -0.3 is 14.8 Å². The van der Waals surface area contributed by atoms with Gasteiger partial charge in [-0.25, -0.2) is 0 Å². The summed E-state index contributed by atoms with van der Waals surface area (Å²) in [6.45, 7) is 7.82. The molecule has 1 aromatic rings. The predicted molar refractivity (Wildman–Crippen MR) is 77.9 cm³/mol. The van der Waals surface area contributed by atoms with E-state index in [0.29, 0.717) is 18.6 Å². The number of ether oxygens (including phenoxy) is 2. The van der Waals surface area contributed by atoms with E-state index in [9.17, 15) is 0 Å². The molecular formula is C16H25NO2. The molecule has 3 heteroatoms. The Balaban J connectivity index is 1.67. The number of para-hydroxylation sites is 1. The summed E-state index contributed by atoms with van der Waals surface area (Å²) in [4.78, 5) is 0. The maximum absolute atomic E-state index is 5.86. The average molecular weight is 263 g/mol. The number of hydrogen-bond donors (Lipinski definition) is 1. The molecule has 1 fully saturated rings. The van der Waals surface area contributed by atoms with Crippen LogP contribution in [0.15, 0.2) is 24.3 Å². The molecule has 1 atom stereocenters. The minimum atomic E-state index is 0.406. The molecule has 0 bridgehead atoms. The zero-order valence-electron chi connectivity index (χ0n) is 12.0. The maximum Gasteiger partial charge on any atom is 0.122 e. The van der Waals surface area contributed by atoms with E-state index in [1.165, 1.54) is 18.4 Å². The standard InChI is InChI=1S/C16H25NO2/c1-13(2)15-7-3-4-8-16(15)19-11-9-17-12-14-6-5-10-18-14/h3-4,7-8,13-14,17H,5-6,9-12H2,1-2H3/t14-/m1/s1. The molecule has 106 valence electrons. The van der Waals surface area contributed by atoms with Gasteiger partial charge in [0.1, 0.15) is 12.4 Å². The highest BCUT2D eigenvalue weighted by Gasteiger charge is 2.14. The maximum atomic E-state index is 5.86. The van der Waals surface area contributed by atoms with Crippen LogP contribution in [0.2, 0.25) is 0 Å². The van der Waals surface area contributed by atoms with E-state index in [-0.39, 0.29) is 0 Å². The van der Waals surface area contributed by atoms with Gasteiger partial charge in [-0.1, -0.05) is 32.0 Å². The normalized spacial score (nSPS) is 19.0. The van der Waals surface area contributed by atoms with Crippen LogP contribution in [0.4, 0.5) is 0 Å². The lowest BCUT2D eigenvalue weighted by Gasteiger charge is -2.15. The van der Waals surface area contributed by atoms with Crippen molar-refractivity contribution in [3.8, 4) is 5.75 Å². The van der Waals surface area contributed by atoms with Crippen molar-refractivity contribution < 1.29 is 9.47 Å². The van der Waals surface area contributed by atoms with Gasteiger partial charge in [-0.15, -0.1) is 0 Å². The van der Waals surface area contributed by atoms with Crippen molar-refractivity contribution in [1.82, 2.24) is 5.32 Å². The number of benzene rings is 1. The van der Waals surface area contributed by atoms with Crippen molar-refractivity contribution in [2.45, 2.75) is 38.7 Å². The first-order chi connectivity index (χ1) is 9.27. The van der Waals surface area contributed by atoms with Crippen LogP contribution in [-0.2, 0) is 4.74 Å². The summed E-state index contributed by atoms with van der Waals surface area (Å²) in [5.74, 6) is 1.51. The van der Waals surface area contributed by atoms with Crippen LogP contribution >= 0.6 is 0 Å². The fourth-order valence-corrected chi connectivity index (χ4v) is 2.39. The summed E-state index contributed by atoms with van der Waals surface area (Å²) in [5, 5.41) is 3.40. The molecule has 0 spiro atoms. The Morgan fingerprint density at radius 3 is 2.95 bits per heavy atom. The Labute approximate surface area is 116 Å². The fourth-order valence-electron chi connectivity index (χ4n) is 2.39. The van der Waals surface area contributed by atoms with Gasteiger partial charge in [0.05, 0.1) is 6.10 Å². The number of nitrogens with one attached hydrogen (secondary N) is 1. The van der Waals surface area contributed by atoms with Crippen molar-refractivity contribution in [2.75, 3.05) is 26.3 Å². The van der Waals surface area contributed by atoms with Gasteiger partial charge in [0, 0.05) is 19.7 Å². The lowest BCUT2D eigenvalue weighted by molar-refractivity contribution is 0.109. The Kier molecular flexibility index (Phi) is 5.67. The zero-order valence-corrected chi connectivity index (χ0v) is 12.0. The molecule has 0 aliphatic carbocycles. The summed E-state index contributed by atoms with van der Waals surface area (Å²) >= 11 is 0. The van der Waals surface area contributed by atoms with E-state index in [4.69, 9.17) is 9.47 Å². The van der Waals surface area contributed by atoms with E-state index in [2.05, 4.69) is 37.4 Å². The van der Waals surface area contributed by atoms with Crippen LogP contribution < -0.4 is 10.1 Å². The molecule has 0 saturated carbocycles. The molecule has 1 saturated heterocycles. The van der Waals surface area contributed by atoms with Gasteiger partial charge in [-0.3, -0.25) is 0 Å². The Bertz CT molecular complexity index is 373. The first-order valence-electron chi connectivity index (χ1n) is 7.31. The van der Waals surface area contributed by atoms with Crippen molar-refractivity contribution in [3.63, 3.8) is 0 Å². The molecule has 0 radical (unpaired) electrons. The van der Waals surface area contributed by atoms with Crippen molar-refractivity contribution >= 4 is 0 Å². The van der Waals surface area contributed by atoms with Gasteiger partial charge in [-0.2, -0.15) is 0 Å². The van der Waals surface area contributed by atoms with Gasteiger partial charge >= 0.3 is 0 Å². The highest BCUT2D eigenvalue weighted by Crippen LogP contribution is 2.25. The molecular weight excluding hydrogens is 238 g/mol. The molecule has 1 N–H and O–H groups in total. The van der Waals surface area contributed by atoms with Crippen LogP contribution in [0, 0.1) is 0 Å². The number of hydrogen-bond acceptors (Lipinski definition) is 3. The fraction of sp³-hybridized carbons (Fsp3) is 0.625. The molecule has 3 nitrogen and oxygen atoms in total. The van der Waals surface area contributed by atoms with E-state index < -0.39 is 0 Å². The molecule has 2 rings (SSSR count). The summed E-state index contributed by atoms with van der Waals surface area (Å²) in [7, 11) is 0. The molecule has 1 aliphatic rings. The summed E-state index contributed by atoms with van der Waals surface area (Å²) < 4.78 is 11.4. The quantitative estimate of drug-likeness (QED) is 0.767. The Morgan fingerprint density at radius 1 is 1.37 bits per heavy atom. The average Bonchev–Trinajstić information content (AvgIpc) is 2.92. The molecule has 1 aromatic carbocycles. The van der Waals surface area contributed by atoms with E-state index in [0.717, 1.165) is 25.4 Å². The van der Waals surface area contributed by atoms with E-state index in [1.54, 1.807) is 0 Å². The Hall–Kier alpha value is -1.06. The van der Waals surface area contributed by atoms with Gasteiger partial charge in [0.2, 0.25) is 0 Å². The second-order valence-electron chi connectivity index (χ2n) is 5.38. The first kappa shape index (κ1) is 14.4.